The van der Waals surface area contributed by atoms with E-state index in [1.165, 1.54) is 23.8 Å². The Kier molecular flexibility index (Phi) is 6.78. The second kappa shape index (κ2) is 9.40. The average Bonchev–Trinajstić information content (AvgIpc) is 3.35. The Morgan fingerprint density at radius 1 is 1.53 bits per heavy atom. The highest BCUT2D eigenvalue weighted by Gasteiger charge is 2.67. The Morgan fingerprint density at radius 2 is 2.28 bits per heavy atom. The van der Waals surface area contributed by atoms with Gasteiger partial charge in [0.2, 0.25) is 5.60 Å². The Morgan fingerprint density at radius 3 is 2.97 bits per heavy atom. The van der Waals surface area contributed by atoms with Gasteiger partial charge in [0.15, 0.2) is 11.9 Å². The van der Waals surface area contributed by atoms with Crippen LogP contribution in [0.5, 0.6) is 0 Å². The number of anilines is 1. The standard InChI is InChI=1S/C20H26N7O8P/c1-11(2)33-15(28)6-25-36(31)26-7-16(29)34-17-13(8-32-36)35-20(9-21,19(17,3)30)14-5-4-12-18(22)23-10-24-27(12)14/h4-5,10-11,13,17,30H,6-8H2,1-3H3,(H2,22,23,24)(H2,25,26,31)/t13-,17?,19+,20+,36?/m1/s1. The molecule has 2 saturated heterocycles. The van der Waals surface area contributed by atoms with Gasteiger partial charge < -0.3 is 29.6 Å². The molecule has 36 heavy (non-hydrogen) atoms. The summed E-state index contributed by atoms with van der Waals surface area (Å²) in [5, 5.41) is 30.8. The van der Waals surface area contributed by atoms with Crippen molar-refractivity contribution in [3.05, 3.63) is 24.2 Å². The van der Waals surface area contributed by atoms with Crippen LogP contribution in [0.15, 0.2) is 18.5 Å². The number of nitrogen functional groups attached to an aromatic ring is 1. The van der Waals surface area contributed by atoms with Gasteiger partial charge >= 0.3 is 19.6 Å². The fraction of sp³-hybridized carbons (Fsp3) is 0.550. The summed E-state index contributed by atoms with van der Waals surface area (Å²) in [5.41, 5.74) is 2.16. The lowest BCUT2D eigenvalue weighted by Crippen LogP contribution is -2.54. The van der Waals surface area contributed by atoms with Crippen LogP contribution >= 0.6 is 7.67 Å². The topological polar surface area (TPSA) is 212 Å². The highest BCUT2D eigenvalue weighted by atomic mass is 31.2. The smallest absolute Gasteiger partial charge is 0.341 e. The van der Waals surface area contributed by atoms with Gasteiger partial charge in [0, 0.05) is 0 Å². The first-order valence-electron chi connectivity index (χ1n) is 11.0. The highest BCUT2D eigenvalue weighted by molar-refractivity contribution is 7.54. The van der Waals surface area contributed by atoms with Gasteiger partial charge in [-0.1, -0.05) is 0 Å². The van der Waals surface area contributed by atoms with Crippen molar-refractivity contribution in [1.82, 2.24) is 24.8 Å². The maximum absolute atomic E-state index is 13.2. The number of aliphatic hydroxyl groups is 1. The minimum Gasteiger partial charge on any atom is -0.462 e. The molecule has 194 valence electrons. The lowest BCUT2D eigenvalue weighted by molar-refractivity contribution is -0.163. The van der Waals surface area contributed by atoms with Crippen LogP contribution in [-0.2, 0) is 38.5 Å². The third kappa shape index (κ3) is 4.43. The summed E-state index contributed by atoms with van der Waals surface area (Å²) in [6.45, 7) is 3.07. The van der Waals surface area contributed by atoms with Crippen LogP contribution in [0.4, 0.5) is 5.82 Å². The zero-order chi connectivity index (χ0) is 26.3. The van der Waals surface area contributed by atoms with Crippen molar-refractivity contribution in [3.63, 3.8) is 0 Å². The molecular weight excluding hydrogens is 497 g/mol. The quantitative estimate of drug-likeness (QED) is 0.284. The number of hydrogen-bond acceptors (Lipinski definition) is 12. The summed E-state index contributed by atoms with van der Waals surface area (Å²) in [7, 11) is -3.98. The lowest BCUT2D eigenvalue weighted by atomic mass is 9.80. The molecule has 2 aliphatic heterocycles. The first-order chi connectivity index (χ1) is 16.9. The number of fused-ring (bicyclic) bond motifs is 2. The van der Waals surface area contributed by atoms with E-state index < -0.39 is 62.7 Å². The minimum atomic E-state index is -3.98. The van der Waals surface area contributed by atoms with Gasteiger partial charge in [0.05, 0.1) is 18.4 Å². The van der Waals surface area contributed by atoms with Crippen LogP contribution in [0.1, 0.15) is 26.5 Å². The van der Waals surface area contributed by atoms with Gasteiger partial charge in [0.25, 0.3) is 0 Å². The molecule has 5 atom stereocenters. The molecule has 0 aliphatic carbocycles. The molecule has 2 aromatic rings. The zero-order valence-corrected chi connectivity index (χ0v) is 20.6. The second-order valence-corrected chi connectivity index (χ2v) is 10.7. The van der Waals surface area contributed by atoms with E-state index in [9.17, 15) is 24.5 Å². The van der Waals surface area contributed by atoms with E-state index in [0.717, 1.165) is 0 Å². The molecule has 2 aliphatic rings. The number of carbonyl (C=O) groups is 2. The molecular formula is C20H26N7O8P. The van der Waals surface area contributed by atoms with Gasteiger partial charge in [-0.3, -0.25) is 14.2 Å². The number of nitrogens with one attached hydrogen (secondary N) is 2. The SMILES string of the molecule is CC(C)OC(=O)CNP1(=O)NCC(=O)OC2[C@@H](CO1)O[C@@](C#N)(c1ccc3c(N)ncnn13)[C@@]2(C)O. The molecule has 15 nitrogen and oxygen atoms in total. The minimum absolute atomic E-state index is 0.107. The molecule has 2 aromatic heterocycles. The van der Waals surface area contributed by atoms with Gasteiger partial charge in [-0.15, -0.1) is 0 Å². The number of rotatable bonds is 5. The molecule has 0 amide bonds. The van der Waals surface area contributed by atoms with E-state index in [-0.39, 0.29) is 17.6 Å². The van der Waals surface area contributed by atoms with Crippen molar-refractivity contribution in [3.8, 4) is 6.07 Å². The predicted octanol–water partition coefficient (Wildman–Crippen LogP) is -0.639. The summed E-state index contributed by atoms with van der Waals surface area (Å²) in [5.74, 6) is -1.45. The fourth-order valence-electron chi connectivity index (χ4n) is 4.17. The molecule has 2 fully saturated rings. The van der Waals surface area contributed by atoms with E-state index in [1.54, 1.807) is 19.9 Å². The monoisotopic (exact) mass is 523 g/mol. The van der Waals surface area contributed by atoms with Gasteiger partial charge in [-0.25, -0.2) is 19.7 Å². The number of nitrogens with zero attached hydrogens (tertiary/aromatic N) is 4. The van der Waals surface area contributed by atoms with Crippen LogP contribution in [0, 0.1) is 11.3 Å². The molecule has 4 rings (SSSR count). The van der Waals surface area contributed by atoms with Crippen LogP contribution in [0.3, 0.4) is 0 Å². The first kappa shape index (κ1) is 26.0. The highest BCUT2D eigenvalue weighted by Crippen LogP contribution is 2.50. The summed E-state index contributed by atoms with van der Waals surface area (Å²) in [4.78, 5) is 28.3. The van der Waals surface area contributed by atoms with E-state index in [1.807, 2.05) is 6.07 Å². The number of carbonyl (C=O) groups excluding carboxylic acids is 2. The predicted molar refractivity (Wildman–Crippen MR) is 121 cm³/mol. The number of hydrogen-bond donors (Lipinski definition) is 4. The van der Waals surface area contributed by atoms with Crippen LogP contribution in [0.2, 0.25) is 0 Å². The van der Waals surface area contributed by atoms with Crippen molar-refractivity contribution in [2.24, 2.45) is 0 Å². The summed E-state index contributed by atoms with van der Waals surface area (Å²) < 4.78 is 36.5. The van der Waals surface area contributed by atoms with Crippen molar-refractivity contribution in [1.29, 1.82) is 5.26 Å². The average molecular weight is 523 g/mol. The van der Waals surface area contributed by atoms with Gasteiger partial charge in [-0.2, -0.15) is 10.4 Å². The molecule has 0 bridgehead atoms. The maximum Gasteiger partial charge on any atom is 0.341 e. The number of ether oxygens (including phenoxy) is 3. The Hall–Kier alpha value is -3.12. The van der Waals surface area contributed by atoms with Crippen LogP contribution < -0.4 is 15.9 Å². The second-order valence-electron chi connectivity index (χ2n) is 8.72. The van der Waals surface area contributed by atoms with E-state index in [0.29, 0.717) is 5.52 Å². The number of esters is 2. The van der Waals surface area contributed by atoms with Crippen molar-refractivity contribution < 1.29 is 38.0 Å². The van der Waals surface area contributed by atoms with Crippen molar-refractivity contribution in [2.45, 2.75) is 50.3 Å². The van der Waals surface area contributed by atoms with Gasteiger partial charge in [-0.05, 0) is 32.9 Å². The lowest BCUT2D eigenvalue weighted by Gasteiger charge is -2.34. The third-order valence-corrected chi connectivity index (χ3v) is 7.50. The normalized spacial score (nSPS) is 32.7. The van der Waals surface area contributed by atoms with Crippen molar-refractivity contribution >= 4 is 30.9 Å². The Balaban J connectivity index is 1.65. The fourth-order valence-corrected chi connectivity index (χ4v) is 5.49. The number of nitriles is 1. The maximum atomic E-state index is 13.2. The molecule has 0 radical (unpaired) electrons. The molecule has 0 aromatic carbocycles. The Bertz CT molecular complexity index is 1270. The van der Waals surface area contributed by atoms with E-state index in [4.69, 9.17) is 24.5 Å². The van der Waals surface area contributed by atoms with E-state index >= 15 is 0 Å². The zero-order valence-electron chi connectivity index (χ0n) is 19.7. The summed E-state index contributed by atoms with van der Waals surface area (Å²) in [6, 6.07) is 5.02. The summed E-state index contributed by atoms with van der Waals surface area (Å²) >= 11 is 0. The largest absolute Gasteiger partial charge is 0.462 e. The molecule has 0 spiro atoms. The molecule has 0 saturated carbocycles. The Labute approximate surface area is 205 Å². The summed E-state index contributed by atoms with van der Waals surface area (Å²) in [6.07, 6.45) is -1.83. The molecule has 2 unspecified atom stereocenters. The van der Waals surface area contributed by atoms with E-state index in [2.05, 4.69) is 20.3 Å². The molecule has 4 heterocycles. The van der Waals surface area contributed by atoms with Crippen LogP contribution in [0.25, 0.3) is 5.52 Å². The number of aromatic nitrogens is 3. The van der Waals surface area contributed by atoms with Crippen molar-refractivity contribution in [2.75, 3.05) is 25.4 Å². The number of nitrogens with two attached hydrogens (primary N) is 1. The van der Waals surface area contributed by atoms with Crippen LogP contribution in [-0.4, -0.2) is 75.3 Å². The molecule has 5 N–H and O–H groups in total. The third-order valence-electron chi connectivity index (χ3n) is 5.84. The van der Waals surface area contributed by atoms with Gasteiger partial charge in [0.1, 0.15) is 42.7 Å². The molecule has 16 heteroatoms. The first-order valence-corrected chi connectivity index (χ1v) is 12.6.